The summed E-state index contributed by atoms with van der Waals surface area (Å²) >= 11 is 0. The van der Waals surface area contributed by atoms with Crippen molar-refractivity contribution in [3.8, 4) is 0 Å². The van der Waals surface area contributed by atoms with E-state index in [4.69, 9.17) is 20.3 Å². The van der Waals surface area contributed by atoms with Crippen LogP contribution in [0.25, 0.3) is 0 Å². The standard InChI is InChI=1S/C12H16N2O7/c1-12(2)20-10(18)6(11(19)21-12)5-14-7(9(16)17)3-4-8(13)15/h5,7,14H,3-4H2,1-2H3,(H2,13,15)(H,16,17)/t7-/m1/s1. The van der Waals surface area contributed by atoms with Crippen LogP contribution in [0.2, 0.25) is 0 Å². The molecule has 1 saturated heterocycles. The molecule has 0 bridgehead atoms. The van der Waals surface area contributed by atoms with Gasteiger partial charge in [0.25, 0.3) is 5.79 Å². The van der Waals surface area contributed by atoms with Crippen molar-refractivity contribution in [2.24, 2.45) is 5.73 Å². The number of carbonyl (C=O) groups is 4. The fraction of sp³-hybridized carbons (Fsp3) is 0.500. The highest BCUT2D eigenvalue weighted by Crippen LogP contribution is 2.22. The van der Waals surface area contributed by atoms with Crippen LogP contribution in [0.1, 0.15) is 26.7 Å². The number of rotatable bonds is 6. The minimum Gasteiger partial charge on any atom is -0.480 e. The van der Waals surface area contributed by atoms with Crippen LogP contribution in [-0.2, 0) is 28.7 Å². The van der Waals surface area contributed by atoms with E-state index < -0.39 is 41.2 Å². The number of nitrogens with two attached hydrogens (primary N) is 1. The second-order valence-corrected chi connectivity index (χ2v) is 4.80. The van der Waals surface area contributed by atoms with Gasteiger partial charge in [-0.1, -0.05) is 0 Å². The molecule has 0 unspecified atom stereocenters. The Labute approximate surface area is 120 Å². The van der Waals surface area contributed by atoms with Gasteiger partial charge >= 0.3 is 17.9 Å². The van der Waals surface area contributed by atoms with Crippen LogP contribution in [0.15, 0.2) is 11.8 Å². The molecule has 9 nitrogen and oxygen atoms in total. The lowest BCUT2D eigenvalue weighted by Gasteiger charge is -2.29. The number of ether oxygens (including phenoxy) is 2. The first kappa shape index (κ1) is 16.5. The third-order valence-corrected chi connectivity index (χ3v) is 2.52. The SMILES string of the molecule is CC1(C)OC(=O)C(=CN[C@H](CCC(N)=O)C(=O)O)C(=O)O1. The average molecular weight is 300 g/mol. The van der Waals surface area contributed by atoms with Gasteiger partial charge in [-0.2, -0.15) is 0 Å². The topological polar surface area (TPSA) is 145 Å². The van der Waals surface area contributed by atoms with E-state index in [2.05, 4.69) is 5.32 Å². The third-order valence-electron chi connectivity index (χ3n) is 2.52. The van der Waals surface area contributed by atoms with Gasteiger partial charge in [-0.3, -0.25) is 4.79 Å². The summed E-state index contributed by atoms with van der Waals surface area (Å²) in [6.07, 6.45) is 0.652. The molecular formula is C12H16N2O7. The zero-order valence-corrected chi connectivity index (χ0v) is 11.5. The van der Waals surface area contributed by atoms with E-state index in [1.165, 1.54) is 13.8 Å². The van der Waals surface area contributed by atoms with Gasteiger partial charge in [-0.15, -0.1) is 0 Å². The molecule has 0 aliphatic carbocycles. The summed E-state index contributed by atoms with van der Waals surface area (Å²) in [6, 6.07) is -1.18. The Kier molecular flexibility index (Phi) is 4.90. The van der Waals surface area contributed by atoms with Crippen molar-refractivity contribution in [2.45, 2.75) is 38.5 Å². The highest BCUT2D eigenvalue weighted by atomic mass is 16.7. The fourth-order valence-corrected chi connectivity index (χ4v) is 1.53. The van der Waals surface area contributed by atoms with Crippen molar-refractivity contribution in [1.29, 1.82) is 0 Å². The predicted molar refractivity (Wildman–Crippen MR) is 67.3 cm³/mol. The third kappa shape index (κ3) is 4.79. The molecule has 21 heavy (non-hydrogen) atoms. The first-order valence-electron chi connectivity index (χ1n) is 6.06. The van der Waals surface area contributed by atoms with Crippen molar-refractivity contribution in [3.05, 3.63) is 11.8 Å². The van der Waals surface area contributed by atoms with Crippen LogP contribution in [0.4, 0.5) is 0 Å². The zero-order valence-electron chi connectivity index (χ0n) is 11.5. The minimum atomic E-state index is -1.37. The van der Waals surface area contributed by atoms with Crippen molar-refractivity contribution in [1.82, 2.24) is 5.32 Å². The fourth-order valence-electron chi connectivity index (χ4n) is 1.53. The molecule has 1 fully saturated rings. The summed E-state index contributed by atoms with van der Waals surface area (Å²) in [4.78, 5) is 44.9. The quantitative estimate of drug-likeness (QED) is 0.322. The lowest BCUT2D eigenvalue weighted by molar-refractivity contribution is -0.222. The molecule has 0 spiro atoms. The predicted octanol–water partition coefficient (Wildman–Crippen LogP) is -0.985. The number of carbonyl (C=O) groups excluding carboxylic acids is 3. The lowest BCUT2D eigenvalue weighted by atomic mass is 10.1. The van der Waals surface area contributed by atoms with Gasteiger partial charge in [0.2, 0.25) is 5.91 Å². The molecule has 4 N–H and O–H groups in total. The van der Waals surface area contributed by atoms with Crippen LogP contribution in [0, 0.1) is 0 Å². The second kappa shape index (κ2) is 6.25. The summed E-state index contributed by atoms with van der Waals surface area (Å²) in [5.74, 6) is -5.14. The Morgan fingerprint density at radius 3 is 2.29 bits per heavy atom. The highest BCUT2D eigenvalue weighted by molar-refractivity contribution is 6.15. The first-order valence-corrected chi connectivity index (χ1v) is 6.06. The molecule has 1 amide bonds. The number of carboxylic acid groups (broad SMARTS) is 1. The Hall–Kier alpha value is -2.58. The molecular weight excluding hydrogens is 284 g/mol. The van der Waals surface area contributed by atoms with Crippen LogP contribution < -0.4 is 11.1 Å². The van der Waals surface area contributed by atoms with Crippen LogP contribution >= 0.6 is 0 Å². The molecule has 0 radical (unpaired) electrons. The molecule has 1 atom stereocenters. The van der Waals surface area contributed by atoms with Crippen LogP contribution in [0.5, 0.6) is 0 Å². The number of aliphatic carboxylic acids is 1. The second-order valence-electron chi connectivity index (χ2n) is 4.80. The maximum atomic E-state index is 11.6. The van der Waals surface area contributed by atoms with E-state index in [-0.39, 0.29) is 12.8 Å². The summed E-state index contributed by atoms with van der Waals surface area (Å²) in [5, 5.41) is 11.3. The van der Waals surface area contributed by atoms with E-state index in [1.54, 1.807) is 0 Å². The number of nitrogens with one attached hydrogen (secondary N) is 1. The number of esters is 2. The van der Waals surface area contributed by atoms with E-state index in [0.29, 0.717) is 0 Å². The zero-order chi connectivity index (χ0) is 16.2. The molecule has 1 heterocycles. The van der Waals surface area contributed by atoms with Gasteiger partial charge in [0, 0.05) is 26.5 Å². The van der Waals surface area contributed by atoms with E-state index >= 15 is 0 Å². The minimum absolute atomic E-state index is 0.0932. The number of hydrogen-bond donors (Lipinski definition) is 3. The van der Waals surface area contributed by atoms with Gasteiger partial charge in [0.15, 0.2) is 5.57 Å². The molecule has 1 rings (SSSR count). The van der Waals surface area contributed by atoms with Crippen molar-refractivity contribution in [2.75, 3.05) is 0 Å². The molecule has 9 heteroatoms. The van der Waals surface area contributed by atoms with Gasteiger partial charge in [-0.25, -0.2) is 14.4 Å². The summed E-state index contributed by atoms with van der Waals surface area (Å²) in [7, 11) is 0. The highest BCUT2D eigenvalue weighted by Gasteiger charge is 2.39. The first-order chi connectivity index (χ1) is 9.62. The smallest absolute Gasteiger partial charge is 0.350 e. The average Bonchev–Trinajstić information content (AvgIpc) is 2.29. The monoisotopic (exact) mass is 300 g/mol. The van der Waals surface area contributed by atoms with E-state index in [9.17, 15) is 19.2 Å². The normalized spacial score (nSPS) is 18.3. The van der Waals surface area contributed by atoms with Crippen molar-refractivity contribution >= 4 is 23.8 Å². The summed E-state index contributed by atoms with van der Waals surface area (Å²) < 4.78 is 9.67. The maximum absolute atomic E-state index is 11.6. The molecule has 116 valence electrons. The molecule has 0 aromatic rings. The number of amides is 1. The summed E-state index contributed by atoms with van der Waals surface area (Å²) in [5.41, 5.74) is 4.47. The maximum Gasteiger partial charge on any atom is 0.350 e. The molecule has 0 saturated carbocycles. The Morgan fingerprint density at radius 2 is 1.86 bits per heavy atom. The van der Waals surface area contributed by atoms with Gasteiger partial charge in [0.05, 0.1) is 0 Å². The Balaban J connectivity index is 2.77. The van der Waals surface area contributed by atoms with E-state index in [0.717, 1.165) is 6.20 Å². The number of hydrogen-bond acceptors (Lipinski definition) is 7. The molecule has 1 aliphatic heterocycles. The van der Waals surface area contributed by atoms with Gasteiger partial charge < -0.3 is 25.6 Å². The molecule has 0 aromatic carbocycles. The van der Waals surface area contributed by atoms with Crippen LogP contribution in [-0.4, -0.2) is 40.8 Å². The number of carboxylic acids is 1. The van der Waals surface area contributed by atoms with Crippen LogP contribution in [0.3, 0.4) is 0 Å². The molecule has 0 aromatic heterocycles. The lowest BCUT2D eigenvalue weighted by Crippen LogP contribution is -2.43. The summed E-state index contributed by atoms with van der Waals surface area (Å²) in [6.45, 7) is 2.78. The van der Waals surface area contributed by atoms with Gasteiger partial charge in [-0.05, 0) is 6.42 Å². The van der Waals surface area contributed by atoms with E-state index in [1.807, 2.05) is 0 Å². The van der Waals surface area contributed by atoms with Crippen molar-refractivity contribution < 1.29 is 33.8 Å². The number of cyclic esters (lactones) is 2. The largest absolute Gasteiger partial charge is 0.480 e. The Bertz CT molecular complexity index is 488. The number of primary amides is 1. The van der Waals surface area contributed by atoms with Crippen molar-refractivity contribution in [3.63, 3.8) is 0 Å². The molecule has 1 aliphatic rings. The van der Waals surface area contributed by atoms with Gasteiger partial charge in [0.1, 0.15) is 6.04 Å². The Morgan fingerprint density at radius 1 is 1.33 bits per heavy atom.